The minimum absolute atomic E-state index is 0. The fourth-order valence-corrected chi connectivity index (χ4v) is 2.59. The van der Waals surface area contributed by atoms with E-state index in [4.69, 9.17) is 14.2 Å². The fourth-order valence-electron chi connectivity index (χ4n) is 2.59. The molecule has 2 aromatic rings. The summed E-state index contributed by atoms with van der Waals surface area (Å²) in [6.07, 6.45) is -2.97. The maximum Gasteiger partial charge on any atom is 0.422 e. The molecule has 0 saturated carbocycles. The molecule has 0 aliphatic carbocycles. The molecule has 12 heteroatoms. The molecule has 0 fully saturated rings. The molecule has 0 radical (unpaired) electrons. The minimum Gasteiger partial charge on any atom is -0.493 e. The monoisotopic (exact) mass is 570 g/mol. The molecular weight excluding hydrogens is 544 g/mol. The lowest BCUT2D eigenvalue weighted by atomic mass is 10.2. The number of methoxy groups -OCH3 is 3. The highest BCUT2D eigenvalue weighted by Crippen LogP contribution is 2.38. The van der Waals surface area contributed by atoms with Gasteiger partial charge in [0, 0.05) is 32.4 Å². The van der Waals surface area contributed by atoms with Gasteiger partial charge >= 0.3 is 6.18 Å². The van der Waals surface area contributed by atoms with Crippen LogP contribution in [-0.4, -0.2) is 52.1 Å². The van der Waals surface area contributed by atoms with Gasteiger partial charge in [-0.1, -0.05) is 6.07 Å². The van der Waals surface area contributed by atoms with Gasteiger partial charge in [-0.15, -0.1) is 24.0 Å². The third-order valence-electron chi connectivity index (χ3n) is 4.05. The zero-order valence-electron chi connectivity index (χ0n) is 18.1. The van der Waals surface area contributed by atoms with E-state index in [0.717, 1.165) is 11.1 Å². The maximum absolute atomic E-state index is 12.2. The molecule has 0 bridgehead atoms. The number of benzene rings is 1. The Bertz CT molecular complexity index is 855. The normalized spacial score (nSPS) is 11.3. The smallest absolute Gasteiger partial charge is 0.422 e. The number of nitrogens with zero attached hydrogens (tertiary/aromatic N) is 2. The van der Waals surface area contributed by atoms with Gasteiger partial charge in [0.15, 0.2) is 24.1 Å². The number of hydrogen-bond donors (Lipinski definition) is 2. The Morgan fingerprint density at radius 1 is 0.969 bits per heavy atom. The van der Waals surface area contributed by atoms with E-state index < -0.39 is 12.8 Å². The van der Waals surface area contributed by atoms with Crippen LogP contribution in [0.5, 0.6) is 23.1 Å². The van der Waals surface area contributed by atoms with Crippen molar-refractivity contribution in [3.05, 3.63) is 41.6 Å². The van der Waals surface area contributed by atoms with Gasteiger partial charge in [-0.25, -0.2) is 4.98 Å². The first-order chi connectivity index (χ1) is 14.8. The summed E-state index contributed by atoms with van der Waals surface area (Å²) in [6, 6.07) is 6.66. The van der Waals surface area contributed by atoms with Crippen LogP contribution in [0.15, 0.2) is 35.5 Å². The number of alkyl halides is 3. The number of nitrogens with one attached hydrogen (secondary N) is 2. The largest absolute Gasteiger partial charge is 0.493 e. The molecule has 32 heavy (non-hydrogen) atoms. The average molecular weight is 570 g/mol. The number of guanidine groups is 1. The third-order valence-corrected chi connectivity index (χ3v) is 4.05. The molecule has 178 valence electrons. The van der Waals surface area contributed by atoms with E-state index in [1.54, 1.807) is 27.3 Å². The first kappa shape index (κ1) is 27.4. The van der Waals surface area contributed by atoms with Crippen LogP contribution in [0.4, 0.5) is 13.2 Å². The molecule has 0 saturated heterocycles. The lowest BCUT2D eigenvalue weighted by Gasteiger charge is -2.16. The van der Waals surface area contributed by atoms with Crippen LogP contribution >= 0.6 is 24.0 Å². The van der Waals surface area contributed by atoms with Crippen molar-refractivity contribution in [1.29, 1.82) is 0 Å². The summed E-state index contributed by atoms with van der Waals surface area (Å²) < 4.78 is 57.1. The van der Waals surface area contributed by atoms with E-state index >= 15 is 0 Å². The van der Waals surface area contributed by atoms with Crippen molar-refractivity contribution in [2.75, 3.05) is 35.0 Å². The van der Waals surface area contributed by atoms with Gasteiger partial charge in [0.25, 0.3) is 0 Å². The molecule has 1 aromatic carbocycles. The molecule has 0 unspecified atom stereocenters. The molecule has 0 aliphatic rings. The Kier molecular flexibility index (Phi) is 11.2. The van der Waals surface area contributed by atoms with Crippen LogP contribution in [-0.2, 0) is 13.1 Å². The quantitative estimate of drug-likeness (QED) is 0.271. The number of ether oxygens (including phenoxy) is 4. The topological polar surface area (TPSA) is 86.2 Å². The molecule has 2 N–H and O–H groups in total. The van der Waals surface area contributed by atoms with E-state index in [1.807, 2.05) is 12.1 Å². The van der Waals surface area contributed by atoms with E-state index in [0.29, 0.717) is 36.3 Å². The number of hydrogen-bond acceptors (Lipinski definition) is 6. The van der Waals surface area contributed by atoms with Crippen molar-refractivity contribution < 1.29 is 32.1 Å². The zero-order valence-corrected chi connectivity index (χ0v) is 20.4. The van der Waals surface area contributed by atoms with Gasteiger partial charge < -0.3 is 29.6 Å². The summed E-state index contributed by atoms with van der Waals surface area (Å²) in [6.45, 7) is -0.588. The van der Waals surface area contributed by atoms with E-state index in [9.17, 15) is 13.2 Å². The Hall–Kier alpha value is -2.64. The molecule has 8 nitrogen and oxygen atoms in total. The Morgan fingerprint density at radius 2 is 1.56 bits per heavy atom. The van der Waals surface area contributed by atoms with Crippen LogP contribution in [0.2, 0.25) is 0 Å². The summed E-state index contributed by atoms with van der Waals surface area (Å²) in [5.41, 5.74) is 1.63. The number of rotatable bonds is 9. The highest BCUT2D eigenvalue weighted by Gasteiger charge is 2.28. The lowest BCUT2D eigenvalue weighted by Crippen LogP contribution is -2.36. The van der Waals surface area contributed by atoms with Gasteiger partial charge in [-0.05, 0) is 23.3 Å². The Labute approximate surface area is 201 Å². The summed E-state index contributed by atoms with van der Waals surface area (Å²) >= 11 is 0. The summed E-state index contributed by atoms with van der Waals surface area (Å²) in [7, 11) is 6.25. The molecule has 0 spiro atoms. The van der Waals surface area contributed by atoms with Crippen molar-refractivity contribution in [3.8, 4) is 23.1 Å². The standard InChI is InChI=1S/C20H25F3N4O4.HI/c1-24-19(26-10-13-5-6-17(25-9-13)31-12-20(21,22)23)27-11-14-7-15(28-2)18(30-4)16(8-14)29-3;/h5-9H,10-12H2,1-4H3,(H2,24,26,27);1H. The highest BCUT2D eigenvalue weighted by atomic mass is 127. The lowest BCUT2D eigenvalue weighted by molar-refractivity contribution is -0.154. The van der Waals surface area contributed by atoms with Gasteiger partial charge in [-0.3, -0.25) is 4.99 Å². The van der Waals surface area contributed by atoms with Crippen molar-refractivity contribution >= 4 is 29.9 Å². The zero-order chi connectivity index (χ0) is 22.9. The third kappa shape index (κ3) is 8.48. The number of halogens is 4. The van der Waals surface area contributed by atoms with Crippen LogP contribution in [0.3, 0.4) is 0 Å². The van der Waals surface area contributed by atoms with E-state index in [1.165, 1.54) is 19.4 Å². The predicted octanol–water partition coefficient (Wildman–Crippen LogP) is 3.53. The Balaban J connectivity index is 0.00000512. The van der Waals surface area contributed by atoms with Crippen molar-refractivity contribution in [1.82, 2.24) is 15.6 Å². The first-order valence-corrected chi connectivity index (χ1v) is 9.17. The average Bonchev–Trinajstić information content (AvgIpc) is 2.77. The van der Waals surface area contributed by atoms with Gasteiger partial charge in [0.2, 0.25) is 11.6 Å². The fraction of sp³-hybridized carbons (Fsp3) is 0.400. The molecule has 0 amide bonds. The SMILES string of the molecule is CN=C(NCc1ccc(OCC(F)(F)F)nc1)NCc1cc(OC)c(OC)c(OC)c1.I. The van der Waals surface area contributed by atoms with Crippen LogP contribution in [0.25, 0.3) is 0 Å². The van der Waals surface area contributed by atoms with Gasteiger partial charge in [0.1, 0.15) is 0 Å². The summed E-state index contributed by atoms with van der Waals surface area (Å²) in [5, 5.41) is 6.26. The van der Waals surface area contributed by atoms with E-state index in [2.05, 4.69) is 25.3 Å². The number of aromatic nitrogens is 1. The van der Waals surface area contributed by atoms with E-state index in [-0.39, 0.29) is 29.9 Å². The second kappa shape index (κ2) is 13.0. The second-order valence-electron chi connectivity index (χ2n) is 6.22. The predicted molar refractivity (Wildman–Crippen MR) is 124 cm³/mol. The summed E-state index contributed by atoms with van der Waals surface area (Å²) in [5.74, 6) is 2.02. The molecule has 1 heterocycles. The first-order valence-electron chi connectivity index (χ1n) is 9.17. The highest BCUT2D eigenvalue weighted by molar-refractivity contribution is 14.0. The number of pyridine rings is 1. The minimum atomic E-state index is -4.40. The van der Waals surface area contributed by atoms with Crippen LogP contribution < -0.4 is 29.6 Å². The second-order valence-corrected chi connectivity index (χ2v) is 6.22. The molecule has 0 aliphatic heterocycles. The molecule has 2 rings (SSSR count). The van der Waals surface area contributed by atoms with Crippen molar-refractivity contribution in [3.63, 3.8) is 0 Å². The van der Waals surface area contributed by atoms with Gasteiger partial charge in [-0.2, -0.15) is 13.2 Å². The molecule has 1 aromatic heterocycles. The molecular formula is C20H26F3IN4O4. The van der Waals surface area contributed by atoms with Gasteiger partial charge in [0.05, 0.1) is 21.3 Å². The van der Waals surface area contributed by atoms with Crippen LogP contribution in [0.1, 0.15) is 11.1 Å². The number of aliphatic imine (C=N–C) groups is 1. The van der Waals surface area contributed by atoms with Crippen molar-refractivity contribution in [2.45, 2.75) is 19.3 Å². The van der Waals surface area contributed by atoms with Crippen molar-refractivity contribution in [2.24, 2.45) is 4.99 Å². The maximum atomic E-state index is 12.2. The molecule has 0 atom stereocenters. The Morgan fingerprint density at radius 3 is 2.00 bits per heavy atom. The van der Waals surface area contributed by atoms with Crippen LogP contribution in [0, 0.1) is 0 Å². The summed E-state index contributed by atoms with van der Waals surface area (Å²) in [4.78, 5) is 8.02.